The molecule has 5 rings (SSSR count). The van der Waals surface area contributed by atoms with Crippen LogP contribution in [-0.4, -0.2) is 55.5 Å². The van der Waals surface area contributed by atoms with Gasteiger partial charge < -0.3 is 24.8 Å². The Morgan fingerprint density at radius 1 is 0.971 bits per heavy atom. The molecular weight excluding hydrogens is 430 g/mol. The quantitative estimate of drug-likeness (QED) is 0.325. The summed E-state index contributed by atoms with van der Waals surface area (Å²) in [7, 11) is 3.26. The Morgan fingerprint density at radius 2 is 1.76 bits per heavy atom. The molecule has 1 aliphatic heterocycles. The van der Waals surface area contributed by atoms with Crippen LogP contribution >= 0.6 is 0 Å². The average molecular weight is 460 g/mol. The second-order valence-corrected chi connectivity index (χ2v) is 8.46. The number of hydrogen-bond donors (Lipinski definition) is 1. The van der Waals surface area contributed by atoms with Crippen molar-refractivity contribution in [1.82, 2.24) is 15.0 Å². The summed E-state index contributed by atoms with van der Waals surface area (Å²) >= 11 is 0. The van der Waals surface area contributed by atoms with Gasteiger partial charge in [0.2, 0.25) is 5.95 Å². The molecule has 2 aromatic carbocycles. The van der Waals surface area contributed by atoms with Crippen molar-refractivity contribution in [3.63, 3.8) is 0 Å². The van der Waals surface area contributed by atoms with Gasteiger partial charge in [-0.25, -0.2) is 4.98 Å². The van der Waals surface area contributed by atoms with E-state index in [-0.39, 0.29) is 0 Å². The zero-order valence-corrected chi connectivity index (χ0v) is 19.5. The topological polar surface area (TPSA) is 95.6 Å². The van der Waals surface area contributed by atoms with Crippen LogP contribution in [0.15, 0.2) is 48.7 Å². The highest BCUT2D eigenvalue weighted by Crippen LogP contribution is 2.36. The third-order valence-corrected chi connectivity index (χ3v) is 6.43. The molecule has 0 aliphatic carbocycles. The van der Waals surface area contributed by atoms with Crippen molar-refractivity contribution in [2.45, 2.75) is 18.8 Å². The van der Waals surface area contributed by atoms with Crippen molar-refractivity contribution in [3.8, 4) is 11.5 Å². The molecule has 0 atom stereocenters. The molecule has 1 fully saturated rings. The SMILES string of the molecule is COCCOc1cc2ncc3c(N)nc(N4CCC(c5ccccc5)CC4)nc3c2cc1OC. The minimum Gasteiger partial charge on any atom is -0.493 e. The highest BCUT2D eigenvalue weighted by atomic mass is 16.5. The number of ether oxygens (including phenoxy) is 3. The molecule has 34 heavy (non-hydrogen) atoms. The molecule has 176 valence electrons. The monoisotopic (exact) mass is 459 g/mol. The summed E-state index contributed by atoms with van der Waals surface area (Å²) in [5.74, 6) is 2.87. The maximum atomic E-state index is 6.37. The molecule has 2 aromatic heterocycles. The fraction of sp³-hybridized carbons (Fsp3) is 0.346. The molecule has 8 heteroatoms. The number of anilines is 2. The molecule has 8 nitrogen and oxygen atoms in total. The number of piperidine rings is 1. The van der Waals surface area contributed by atoms with Crippen LogP contribution in [-0.2, 0) is 4.74 Å². The molecule has 0 saturated carbocycles. The van der Waals surface area contributed by atoms with Crippen molar-refractivity contribution >= 4 is 33.6 Å². The average Bonchev–Trinajstić information content (AvgIpc) is 2.89. The predicted octanol–water partition coefficient (Wildman–Crippen LogP) is 4.18. The Bertz CT molecular complexity index is 1290. The van der Waals surface area contributed by atoms with Gasteiger partial charge in [0.25, 0.3) is 0 Å². The summed E-state index contributed by atoms with van der Waals surface area (Å²) in [6.07, 6.45) is 3.83. The van der Waals surface area contributed by atoms with Gasteiger partial charge in [0.1, 0.15) is 12.4 Å². The van der Waals surface area contributed by atoms with Gasteiger partial charge in [-0.15, -0.1) is 0 Å². The molecule has 0 amide bonds. The second-order valence-electron chi connectivity index (χ2n) is 8.46. The number of methoxy groups -OCH3 is 2. The third-order valence-electron chi connectivity index (χ3n) is 6.43. The maximum absolute atomic E-state index is 6.37. The zero-order chi connectivity index (χ0) is 23.5. The van der Waals surface area contributed by atoms with Gasteiger partial charge in [0, 0.05) is 37.8 Å². The first kappa shape index (κ1) is 22.2. The Labute approximate surface area is 198 Å². The van der Waals surface area contributed by atoms with Crippen LogP contribution in [0.4, 0.5) is 11.8 Å². The molecule has 0 radical (unpaired) electrons. The fourth-order valence-electron chi connectivity index (χ4n) is 4.57. The van der Waals surface area contributed by atoms with E-state index in [2.05, 4.69) is 45.2 Å². The van der Waals surface area contributed by atoms with Gasteiger partial charge in [0.15, 0.2) is 11.5 Å². The third kappa shape index (κ3) is 4.28. The van der Waals surface area contributed by atoms with Crippen LogP contribution in [0, 0.1) is 0 Å². The summed E-state index contributed by atoms with van der Waals surface area (Å²) in [6, 6.07) is 14.5. The lowest BCUT2D eigenvalue weighted by atomic mass is 9.90. The minimum atomic E-state index is 0.421. The van der Waals surface area contributed by atoms with Crippen LogP contribution in [0.5, 0.6) is 11.5 Å². The Hall–Kier alpha value is -3.65. The highest BCUT2D eigenvalue weighted by Gasteiger charge is 2.23. The molecule has 0 unspecified atom stereocenters. The zero-order valence-electron chi connectivity index (χ0n) is 19.5. The van der Waals surface area contributed by atoms with Crippen molar-refractivity contribution in [1.29, 1.82) is 0 Å². The van der Waals surface area contributed by atoms with E-state index < -0.39 is 0 Å². The minimum absolute atomic E-state index is 0.421. The number of pyridine rings is 1. The summed E-state index contributed by atoms with van der Waals surface area (Å²) in [6.45, 7) is 2.67. The lowest BCUT2D eigenvalue weighted by Crippen LogP contribution is -2.34. The van der Waals surface area contributed by atoms with E-state index in [4.69, 9.17) is 24.9 Å². The molecule has 2 N–H and O–H groups in total. The van der Waals surface area contributed by atoms with E-state index in [9.17, 15) is 0 Å². The Morgan fingerprint density at radius 3 is 2.50 bits per heavy atom. The lowest BCUT2D eigenvalue weighted by molar-refractivity contribution is 0.144. The van der Waals surface area contributed by atoms with Crippen molar-refractivity contribution in [3.05, 3.63) is 54.2 Å². The van der Waals surface area contributed by atoms with Crippen LogP contribution in [0.2, 0.25) is 0 Å². The highest BCUT2D eigenvalue weighted by molar-refractivity contribution is 6.07. The Balaban J connectivity index is 1.47. The Kier molecular flexibility index (Phi) is 6.31. The molecule has 3 heterocycles. The normalized spacial score (nSPS) is 14.6. The van der Waals surface area contributed by atoms with Crippen LogP contribution in [0.1, 0.15) is 24.3 Å². The molecule has 0 bridgehead atoms. The number of hydrogen-bond acceptors (Lipinski definition) is 8. The van der Waals surface area contributed by atoms with E-state index in [0.29, 0.717) is 42.4 Å². The van der Waals surface area contributed by atoms with Crippen LogP contribution in [0.3, 0.4) is 0 Å². The van der Waals surface area contributed by atoms with E-state index in [1.165, 1.54) is 5.56 Å². The number of fused-ring (bicyclic) bond motifs is 3. The fourth-order valence-corrected chi connectivity index (χ4v) is 4.57. The lowest BCUT2D eigenvalue weighted by Gasteiger charge is -2.32. The summed E-state index contributed by atoms with van der Waals surface area (Å²) in [5, 5.41) is 1.58. The van der Waals surface area contributed by atoms with Crippen molar-refractivity contribution in [2.24, 2.45) is 0 Å². The first-order valence-electron chi connectivity index (χ1n) is 11.5. The summed E-state index contributed by atoms with van der Waals surface area (Å²) < 4.78 is 16.5. The van der Waals surface area contributed by atoms with E-state index in [1.54, 1.807) is 20.4 Å². The van der Waals surface area contributed by atoms with Crippen molar-refractivity contribution in [2.75, 3.05) is 51.2 Å². The largest absolute Gasteiger partial charge is 0.493 e. The van der Waals surface area contributed by atoms with E-state index in [0.717, 1.165) is 47.7 Å². The van der Waals surface area contributed by atoms with E-state index in [1.807, 2.05) is 12.1 Å². The first-order chi connectivity index (χ1) is 16.7. The standard InChI is InChI=1S/C26H29N5O3/c1-32-12-13-34-23-15-21-19(14-22(23)33-2)24-20(16-28-21)25(27)30-26(29-24)31-10-8-18(9-11-31)17-6-4-3-5-7-17/h3-7,14-16,18H,8-13H2,1-2H3,(H2,27,29,30). The molecule has 4 aromatic rings. The van der Waals surface area contributed by atoms with Gasteiger partial charge in [-0.2, -0.15) is 4.98 Å². The number of benzene rings is 2. The smallest absolute Gasteiger partial charge is 0.227 e. The number of nitrogens with zero attached hydrogens (tertiary/aromatic N) is 4. The maximum Gasteiger partial charge on any atom is 0.227 e. The number of rotatable bonds is 7. The van der Waals surface area contributed by atoms with Gasteiger partial charge >= 0.3 is 0 Å². The van der Waals surface area contributed by atoms with Crippen LogP contribution in [0.25, 0.3) is 21.8 Å². The second kappa shape index (κ2) is 9.69. The summed E-state index contributed by atoms with van der Waals surface area (Å²) in [4.78, 5) is 16.4. The molecule has 1 aliphatic rings. The van der Waals surface area contributed by atoms with Gasteiger partial charge in [-0.1, -0.05) is 30.3 Å². The first-order valence-corrected chi connectivity index (χ1v) is 11.5. The van der Waals surface area contributed by atoms with Gasteiger partial charge in [-0.05, 0) is 30.4 Å². The predicted molar refractivity (Wildman–Crippen MR) is 134 cm³/mol. The number of nitrogen functional groups attached to an aromatic ring is 1. The van der Waals surface area contributed by atoms with Gasteiger partial charge in [0.05, 0.1) is 30.1 Å². The molecule has 0 spiro atoms. The van der Waals surface area contributed by atoms with Crippen LogP contribution < -0.4 is 20.1 Å². The van der Waals surface area contributed by atoms with E-state index >= 15 is 0 Å². The van der Waals surface area contributed by atoms with Crippen molar-refractivity contribution < 1.29 is 14.2 Å². The summed E-state index contributed by atoms with van der Waals surface area (Å²) in [5.41, 5.74) is 9.28. The molecular formula is C26H29N5O3. The molecule has 1 saturated heterocycles. The van der Waals surface area contributed by atoms with Gasteiger partial charge in [-0.3, -0.25) is 4.98 Å². The number of aromatic nitrogens is 3. The number of nitrogens with two attached hydrogens (primary N) is 1.